The van der Waals surface area contributed by atoms with Crippen LogP contribution in [0.4, 0.5) is 5.82 Å². The van der Waals surface area contributed by atoms with Crippen molar-refractivity contribution in [2.75, 3.05) is 12.4 Å². The number of esters is 1. The lowest BCUT2D eigenvalue weighted by molar-refractivity contribution is 0.0601. The summed E-state index contributed by atoms with van der Waals surface area (Å²) in [7, 11) is 1.36. The quantitative estimate of drug-likeness (QED) is 0.868. The van der Waals surface area contributed by atoms with Gasteiger partial charge in [-0.1, -0.05) is 6.92 Å². The first-order chi connectivity index (χ1) is 9.55. The Kier molecular flexibility index (Phi) is 4.17. The Balaban J connectivity index is 2.46. The number of aryl methyl sites for hydroxylation is 1. The molecule has 1 aromatic heterocycles. The molecule has 0 fully saturated rings. The summed E-state index contributed by atoms with van der Waals surface area (Å²) < 4.78 is 4.72. The summed E-state index contributed by atoms with van der Waals surface area (Å²) in [6, 6.07) is 5.51. The van der Waals surface area contributed by atoms with E-state index in [0.717, 1.165) is 23.4 Å². The molecule has 0 saturated carbocycles. The number of ether oxygens (including phenoxy) is 1. The summed E-state index contributed by atoms with van der Waals surface area (Å²) in [4.78, 5) is 20.6. The number of nitrogens with zero attached hydrogens (tertiary/aromatic N) is 2. The fraction of sp³-hybridized carbons (Fsp3) is 0.400. The first-order valence-electron chi connectivity index (χ1n) is 6.68. The molecular formula is C15H19N3O2. The van der Waals surface area contributed by atoms with E-state index >= 15 is 0 Å². The molecule has 20 heavy (non-hydrogen) atoms. The monoisotopic (exact) mass is 273 g/mol. The van der Waals surface area contributed by atoms with Gasteiger partial charge in [0.15, 0.2) is 0 Å². The molecule has 0 saturated heterocycles. The van der Waals surface area contributed by atoms with E-state index in [1.165, 1.54) is 7.11 Å². The molecule has 0 aliphatic rings. The smallest absolute Gasteiger partial charge is 0.337 e. The molecule has 1 aromatic carbocycles. The van der Waals surface area contributed by atoms with E-state index in [0.29, 0.717) is 17.1 Å². The van der Waals surface area contributed by atoms with Crippen LogP contribution in [0, 0.1) is 6.92 Å². The second-order valence-electron chi connectivity index (χ2n) is 4.81. The normalized spacial score (nSPS) is 12.2. The predicted molar refractivity (Wildman–Crippen MR) is 79.0 cm³/mol. The van der Waals surface area contributed by atoms with Gasteiger partial charge in [-0.3, -0.25) is 0 Å². The van der Waals surface area contributed by atoms with Crippen molar-refractivity contribution in [2.24, 2.45) is 0 Å². The van der Waals surface area contributed by atoms with Crippen molar-refractivity contribution in [1.29, 1.82) is 0 Å². The lowest BCUT2D eigenvalue weighted by Crippen LogP contribution is -2.16. The van der Waals surface area contributed by atoms with Crippen molar-refractivity contribution in [3.8, 4) is 0 Å². The average Bonchev–Trinajstić information content (AvgIpc) is 2.46. The topological polar surface area (TPSA) is 64.1 Å². The van der Waals surface area contributed by atoms with E-state index in [-0.39, 0.29) is 5.97 Å². The zero-order valence-corrected chi connectivity index (χ0v) is 12.2. The minimum absolute atomic E-state index is 0.323. The van der Waals surface area contributed by atoms with Crippen LogP contribution in [0.3, 0.4) is 0 Å². The minimum Gasteiger partial charge on any atom is -0.465 e. The highest BCUT2D eigenvalue weighted by Gasteiger charge is 2.10. The van der Waals surface area contributed by atoms with Crippen LogP contribution in [0.2, 0.25) is 0 Å². The first-order valence-corrected chi connectivity index (χ1v) is 6.68. The Morgan fingerprint density at radius 1 is 1.35 bits per heavy atom. The summed E-state index contributed by atoms with van der Waals surface area (Å²) in [5, 5.41) is 3.32. The zero-order valence-electron chi connectivity index (χ0n) is 12.2. The number of anilines is 1. The third-order valence-corrected chi connectivity index (χ3v) is 3.26. The summed E-state index contributed by atoms with van der Waals surface area (Å²) in [5.41, 5.74) is 2.78. The van der Waals surface area contributed by atoms with Crippen molar-refractivity contribution in [2.45, 2.75) is 33.2 Å². The zero-order chi connectivity index (χ0) is 14.7. The Bertz CT molecular complexity index is 640. The van der Waals surface area contributed by atoms with Gasteiger partial charge in [0.05, 0.1) is 29.4 Å². The summed E-state index contributed by atoms with van der Waals surface area (Å²) in [5.74, 6) is 0.388. The maximum Gasteiger partial charge on any atom is 0.337 e. The number of fused-ring (bicyclic) bond motifs is 1. The van der Waals surface area contributed by atoms with Crippen LogP contribution in [-0.4, -0.2) is 29.1 Å². The lowest BCUT2D eigenvalue weighted by atomic mass is 10.2. The van der Waals surface area contributed by atoms with Gasteiger partial charge in [-0.15, -0.1) is 0 Å². The van der Waals surface area contributed by atoms with Crippen LogP contribution < -0.4 is 5.32 Å². The molecular weight excluding hydrogens is 254 g/mol. The Labute approximate surface area is 118 Å². The van der Waals surface area contributed by atoms with E-state index in [1.807, 2.05) is 6.92 Å². The molecule has 1 N–H and O–H groups in total. The molecule has 1 atom stereocenters. The summed E-state index contributed by atoms with van der Waals surface area (Å²) in [6.07, 6.45) is 1.00. The largest absolute Gasteiger partial charge is 0.465 e. The number of nitrogens with one attached hydrogen (secondary N) is 1. The van der Waals surface area contributed by atoms with E-state index < -0.39 is 0 Å². The van der Waals surface area contributed by atoms with Crippen LogP contribution in [0.5, 0.6) is 0 Å². The number of carbonyl (C=O) groups excluding carboxylic acids is 1. The Morgan fingerprint density at radius 2 is 2.10 bits per heavy atom. The first kappa shape index (κ1) is 14.2. The third-order valence-electron chi connectivity index (χ3n) is 3.26. The van der Waals surface area contributed by atoms with Gasteiger partial charge in [0, 0.05) is 6.04 Å². The highest BCUT2D eigenvalue weighted by atomic mass is 16.5. The molecule has 0 unspecified atom stereocenters. The molecule has 1 heterocycles. The second-order valence-corrected chi connectivity index (χ2v) is 4.81. The fourth-order valence-electron chi connectivity index (χ4n) is 1.86. The van der Waals surface area contributed by atoms with Crippen LogP contribution >= 0.6 is 0 Å². The molecule has 0 amide bonds. The van der Waals surface area contributed by atoms with Crippen molar-refractivity contribution >= 4 is 22.8 Å². The molecule has 106 valence electrons. The van der Waals surface area contributed by atoms with Gasteiger partial charge in [0.25, 0.3) is 0 Å². The van der Waals surface area contributed by atoms with Crippen molar-refractivity contribution < 1.29 is 9.53 Å². The lowest BCUT2D eigenvalue weighted by Gasteiger charge is -2.14. The van der Waals surface area contributed by atoms with Gasteiger partial charge in [-0.25, -0.2) is 14.8 Å². The maximum absolute atomic E-state index is 11.5. The molecule has 2 aromatic rings. The Hall–Kier alpha value is -2.17. The average molecular weight is 273 g/mol. The standard InChI is InChI=1S/C15H19N3O2/c1-5-9(2)16-14-10(3)17-12-7-6-11(15(19)20-4)8-13(12)18-14/h6-9H,5H2,1-4H3,(H,16,18)/t9-/m1/s1. The van der Waals surface area contributed by atoms with Gasteiger partial charge < -0.3 is 10.1 Å². The number of hydrogen-bond acceptors (Lipinski definition) is 5. The van der Waals surface area contributed by atoms with Gasteiger partial charge in [-0.2, -0.15) is 0 Å². The molecule has 0 spiro atoms. The highest BCUT2D eigenvalue weighted by molar-refractivity contribution is 5.93. The highest BCUT2D eigenvalue weighted by Crippen LogP contribution is 2.19. The molecule has 5 nitrogen and oxygen atoms in total. The molecule has 0 radical (unpaired) electrons. The number of carbonyl (C=O) groups is 1. The van der Waals surface area contributed by atoms with Crippen LogP contribution in [0.15, 0.2) is 18.2 Å². The van der Waals surface area contributed by atoms with Crippen molar-refractivity contribution in [3.63, 3.8) is 0 Å². The molecule has 5 heteroatoms. The number of rotatable bonds is 4. The maximum atomic E-state index is 11.5. The molecule has 0 aliphatic carbocycles. The molecule has 0 aliphatic heterocycles. The number of hydrogen-bond donors (Lipinski definition) is 1. The molecule has 2 rings (SSSR count). The predicted octanol–water partition coefficient (Wildman–Crippen LogP) is 2.94. The second kappa shape index (κ2) is 5.86. The van der Waals surface area contributed by atoms with E-state index in [1.54, 1.807) is 18.2 Å². The van der Waals surface area contributed by atoms with E-state index in [4.69, 9.17) is 4.74 Å². The summed E-state index contributed by atoms with van der Waals surface area (Å²) in [6.45, 7) is 6.12. The van der Waals surface area contributed by atoms with Gasteiger partial charge in [0.1, 0.15) is 5.82 Å². The number of methoxy groups -OCH3 is 1. The summed E-state index contributed by atoms with van der Waals surface area (Å²) >= 11 is 0. The molecule has 0 bridgehead atoms. The van der Waals surface area contributed by atoms with Gasteiger partial charge in [0.2, 0.25) is 0 Å². The van der Waals surface area contributed by atoms with Crippen LogP contribution in [0.1, 0.15) is 36.3 Å². The van der Waals surface area contributed by atoms with Crippen molar-refractivity contribution in [3.05, 3.63) is 29.5 Å². The minimum atomic E-state index is -0.370. The van der Waals surface area contributed by atoms with E-state index in [2.05, 4.69) is 29.1 Å². The number of aromatic nitrogens is 2. The van der Waals surface area contributed by atoms with Crippen molar-refractivity contribution in [1.82, 2.24) is 9.97 Å². The number of benzene rings is 1. The fourth-order valence-corrected chi connectivity index (χ4v) is 1.86. The van der Waals surface area contributed by atoms with E-state index in [9.17, 15) is 4.79 Å². The van der Waals surface area contributed by atoms with Gasteiger partial charge in [-0.05, 0) is 38.5 Å². The SMILES string of the molecule is CC[C@@H](C)Nc1nc2cc(C(=O)OC)ccc2nc1C. The van der Waals surface area contributed by atoms with Crippen LogP contribution in [0.25, 0.3) is 11.0 Å². The van der Waals surface area contributed by atoms with Gasteiger partial charge >= 0.3 is 5.97 Å². The Morgan fingerprint density at radius 3 is 2.75 bits per heavy atom. The third kappa shape index (κ3) is 2.87. The van der Waals surface area contributed by atoms with Crippen LogP contribution in [-0.2, 0) is 4.74 Å².